The summed E-state index contributed by atoms with van der Waals surface area (Å²) < 4.78 is 0. The Hall–Kier alpha value is -2.56. The van der Waals surface area contributed by atoms with Crippen molar-refractivity contribution in [2.45, 2.75) is 6.92 Å². The topological polar surface area (TPSA) is 88.0 Å². The van der Waals surface area contributed by atoms with Crippen molar-refractivity contribution < 1.29 is 4.79 Å². The number of nitrogens with two attached hydrogens (primary N) is 1. The monoisotopic (exact) mass is 243 g/mol. The number of carbonyl (C=O) groups is 1. The number of nitrogen functional groups attached to an aromatic ring is 1. The molecule has 2 rings (SSSR count). The second-order valence-corrected chi connectivity index (χ2v) is 3.95. The number of pyridine rings is 1. The number of amides is 1. The second-order valence-electron chi connectivity index (χ2n) is 3.95. The van der Waals surface area contributed by atoms with Gasteiger partial charge in [-0.1, -0.05) is 12.1 Å². The summed E-state index contributed by atoms with van der Waals surface area (Å²) in [7, 11) is 0. The molecule has 0 saturated heterocycles. The summed E-state index contributed by atoms with van der Waals surface area (Å²) in [6, 6.07) is 9.66. The van der Waals surface area contributed by atoms with Crippen molar-refractivity contribution in [3.8, 4) is 0 Å². The molecule has 0 fully saturated rings. The Bertz CT molecular complexity index is 647. The van der Waals surface area contributed by atoms with Crippen LogP contribution in [0.2, 0.25) is 0 Å². The molecule has 2 aromatic rings. The minimum atomic E-state index is -0.379. The SMILES string of the molecule is Cc1ccc(NC(=O)c2cccc(=O)[nH]2)cc1N. The Morgan fingerprint density at radius 2 is 2.06 bits per heavy atom. The molecule has 0 aliphatic heterocycles. The second kappa shape index (κ2) is 4.75. The molecule has 5 nitrogen and oxygen atoms in total. The number of benzene rings is 1. The zero-order valence-corrected chi connectivity index (χ0v) is 9.86. The van der Waals surface area contributed by atoms with Gasteiger partial charge in [0, 0.05) is 17.4 Å². The highest BCUT2D eigenvalue weighted by atomic mass is 16.2. The number of hydrogen-bond acceptors (Lipinski definition) is 3. The number of nitrogens with one attached hydrogen (secondary N) is 2. The number of aromatic nitrogens is 1. The van der Waals surface area contributed by atoms with Crippen molar-refractivity contribution in [1.82, 2.24) is 4.98 Å². The predicted octanol–water partition coefficient (Wildman–Crippen LogP) is 1.52. The van der Waals surface area contributed by atoms with E-state index in [1.165, 1.54) is 18.2 Å². The molecule has 0 atom stereocenters. The Labute approximate surface area is 104 Å². The van der Waals surface area contributed by atoms with E-state index in [1.54, 1.807) is 12.1 Å². The van der Waals surface area contributed by atoms with Gasteiger partial charge >= 0.3 is 0 Å². The van der Waals surface area contributed by atoms with Crippen LogP contribution in [-0.2, 0) is 0 Å². The van der Waals surface area contributed by atoms with Crippen LogP contribution >= 0.6 is 0 Å². The van der Waals surface area contributed by atoms with E-state index >= 15 is 0 Å². The van der Waals surface area contributed by atoms with Crippen molar-refractivity contribution in [3.05, 3.63) is 58.0 Å². The average Bonchev–Trinajstić information content (AvgIpc) is 2.34. The molecule has 0 aliphatic rings. The van der Waals surface area contributed by atoms with Gasteiger partial charge in [-0.3, -0.25) is 9.59 Å². The zero-order valence-electron chi connectivity index (χ0n) is 9.86. The summed E-state index contributed by atoms with van der Waals surface area (Å²) in [5, 5.41) is 2.66. The van der Waals surface area contributed by atoms with E-state index in [1.807, 2.05) is 13.0 Å². The number of carbonyl (C=O) groups excluding carboxylic acids is 1. The number of hydrogen-bond donors (Lipinski definition) is 3. The van der Waals surface area contributed by atoms with Crippen LogP contribution in [0, 0.1) is 6.92 Å². The Morgan fingerprint density at radius 3 is 2.72 bits per heavy atom. The fourth-order valence-electron chi connectivity index (χ4n) is 1.50. The first-order valence-electron chi connectivity index (χ1n) is 5.43. The predicted molar refractivity (Wildman–Crippen MR) is 70.6 cm³/mol. The molecule has 92 valence electrons. The number of anilines is 2. The van der Waals surface area contributed by atoms with Gasteiger partial charge in [0.2, 0.25) is 5.56 Å². The number of aromatic amines is 1. The third-order valence-corrected chi connectivity index (χ3v) is 2.55. The van der Waals surface area contributed by atoms with Gasteiger partial charge in [0.25, 0.3) is 5.91 Å². The maximum absolute atomic E-state index is 11.8. The molecular formula is C13H13N3O2. The lowest BCUT2D eigenvalue weighted by atomic mass is 10.2. The van der Waals surface area contributed by atoms with Crippen molar-refractivity contribution >= 4 is 17.3 Å². The molecule has 0 spiro atoms. The molecule has 1 aromatic heterocycles. The number of aryl methyl sites for hydroxylation is 1. The summed E-state index contributed by atoms with van der Waals surface area (Å²) >= 11 is 0. The van der Waals surface area contributed by atoms with Crippen LogP contribution in [0.3, 0.4) is 0 Å². The van der Waals surface area contributed by atoms with E-state index in [4.69, 9.17) is 5.73 Å². The van der Waals surface area contributed by atoms with Crippen LogP contribution in [-0.4, -0.2) is 10.9 Å². The summed E-state index contributed by atoms with van der Waals surface area (Å²) in [6.45, 7) is 1.88. The van der Waals surface area contributed by atoms with Crippen LogP contribution in [0.4, 0.5) is 11.4 Å². The molecule has 1 heterocycles. The van der Waals surface area contributed by atoms with E-state index in [9.17, 15) is 9.59 Å². The van der Waals surface area contributed by atoms with Gasteiger partial charge in [0.05, 0.1) is 0 Å². The van der Waals surface area contributed by atoms with Gasteiger partial charge in [-0.05, 0) is 30.7 Å². The quantitative estimate of drug-likeness (QED) is 0.699. The van der Waals surface area contributed by atoms with Crippen LogP contribution in [0.5, 0.6) is 0 Å². The highest BCUT2D eigenvalue weighted by Crippen LogP contribution is 2.17. The van der Waals surface area contributed by atoms with E-state index < -0.39 is 0 Å². The molecule has 1 aromatic carbocycles. The van der Waals surface area contributed by atoms with E-state index in [-0.39, 0.29) is 17.2 Å². The largest absolute Gasteiger partial charge is 0.398 e. The van der Waals surface area contributed by atoms with Gasteiger partial charge in [-0.25, -0.2) is 0 Å². The van der Waals surface area contributed by atoms with Crippen molar-refractivity contribution in [3.63, 3.8) is 0 Å². The molecule has 5 heteroatoms. The van der Waals surface area contributed by atoms with Gasteiger partial charge in [-0.15, -0.1) is 0 Å². The first-order valence-corrected chi connectivity index (χ1v) is 5.43. The number of rotatable bonds is 2. The molecular weight excluding hydrogens is 230 g/mol. The third-order valence-electron chi connectivity index (χ3n) is 2.55. The molecule has 0 radical (unpaired) electrons. The Kier molecular flexibility index (Phi) is 3.14. The smallest absolute Gasteiger partial charge is 0.272 e. The third kappa shape index (κ3) is 2.57. The van der Waals surface area contributed by atoms with E-state index in [0.29, 0.717) is 11.4 Å². The van der Waals surface area contributed by atoms with Crippen LogP contribution in [0.15, 0.2) is 41.2 Å². The Balaban J connectivity index is 2.21. The highest BCUT2D eigenvalue weighted by Gasteiger charge is 2.07. The minimum absolute atomic E-state index is 0.210. The lowest BCUT2D eigenvalue weighted by Crippen LogP contribution is -2.17. The fraction of sp³-hybridized carbons (Fsp3) is 0.0769. The highest BCUT2D eigenvalue weighted by molar-refractivity contribution is 6.03. The molecule has 0 aliphatic carbocycles. The van der Waals surface area contributed by atoms with Gasteiger partial charge in [0.1, 0.15) is 5.69 Å². The van der Waals surface area contributed by atoms with Crippen LogP contribution in [0.1, 0.15) is 16.1 Å². The lowest BCUT2D eigenvalue weighted by molar-refractivity contribution is 0.102. The molecule has 0 bridgehead atoms. The van der Waals surface area contributed by atoms with E-state index in [2.05, 4.69) is 10.3 Å². The van der Waals surface area contributed by atoms with Gasteiger partial charge < -0.3 is 16.0 Å². The molecule has 18 heavy (non-hydrogen) atoms. The normalized spacial score (nSPS) is 10.1. The minimum Gasteiger partial charge on any atom is -0.398 e. The first-order chi connectivity index (χ1) is 8.56. The summed E-state index contributed by atoms with van der Waals surface area (Å²) in [5.41, 5.74) is 7.79. The maximum Gasteiger partial charge on any atom is 0.272 e. The van der Waals surface area contributed by atoms with Crippen LogP contribution < -0.4 is 16.6 Å². The first kappa shape index (κ1) is 11.9. The van der Waals surface area contributed by atoms with E-state index in [0.717, 1.165) is 5.56 Å². The van der Waals surface area contributed by atoms with Crippen molar-refractivity contribution in [2.75, 3.05) is 11.1 Å². The summed E-state index contributed by atoms with van der Waals surface area (Å²) in [6.07, 6.45) is 0. The lowest BCUT2D eigenvalue weighted by Gasteiger charge is -2.07. The maximum atomic E-state index is 11.8. The average molecular weight is 243 g/mol. The zero-order chi connectivity index (χ0) is 13.1. The molecule has 4 N–H and O–H groups in total. The molecule has 1 amide bonds. The standard InChI is InChI=1S/C13H13N3O2/c1-8-5-6-9(7-10(8)14)15-13(18)11-3-2-4-12(17)16-11/h2-7H,14H2,1H3,(H,15,18)(H,16,17). The van der Waals surface area contributed by atoms with Gasteiger partial charge in [0.15, 0.2) is 0 Å². The summed E-state index contributed by atoms with van der Waals surface area (Å²) in [4.78, 5) is 25.4. The Morgan fingerprint density at radius 1 is 1.28 bits per heavy atom. The number of H-pyrrole nitrogens is 1. The summed E-state index contributed by atoms with van der Waals surface area (Å²) in [5.74, 6) is -0.379. The van der Waals surface area contributed by atoms with Gasteiger partial charge in [-0.2, -0.15) is 0 Å². The van der Waals surface area contributed by atoms with Crippen molar-refractivity contribution in [1.29, 1.82) is 0 Å². The molecule has 0 saturated carbocycles. The van der Waals surface area contributed by atoms with Crippen LogP contribution in [0.25, 0.3) is 0 Å². The van der Waals surface area contributed by atoms with Crippen molar-refractivity contribution in [2.24, 2.45) is 0 Å². The fourth-order valence-corrected chi connectivity index (χ4v) is 1.50. The molecule has 0 unspecified atom stereocenters.